The van der Waals surface area contributed by atoms with Crippen molar-refractivity contribution in [2.45, 2.75) is 38.8 Å². The molecule has 5 nitrogen and oxygen atoms in total. The van der Waals surface area contributed by atoms with Crippen LogP contribution in [0.4, 0.5) is 5.69 Å². The Bertz CT molecular complexity index is 506. The molecule has 1 aromatic carbocycles. The summed E-state index contributed by atoms with van der Waals surface area (Å²) >= 11 is 0. The van der Waals surface area contributed by atoms with Crippen LogP contribution in [-0.2, 0) is 4.79 Å². The fraction of sp³-hybridized carbons (Fsp3) is 0.588. The van der Waals surface area contributed by atoms with Gasteiger partial charge in [-0.3, -0.25) is 4.79 Å². The number of rotatable bonds is 5. The number of carbonyl (C=O) groups is 1. The van der Waals surface area contributed by atoms with Gasteiger partial charge in [0.1, 0.15) is 5.75 Å². The number of hydrogen-bond donors (Lipinski definition) is 2. The summed E-state index contributed by atoms with van der Waals surface area (Å²) in [5.41, 5.74) is 6.91. The molecule has 1 aromatic rings. The minimum Gasteiger partial charge on any atom is -0.495 e. The highest BCUT2D eigenvalue weighted by Gasteiger charge is 2.25. The molecule has 0 spiro atoms. The van der Waals surface area contributed by atoms with Gasteiger partial charge in [0, 0.05) is 31.1 Å². The van der Waals surface area contributed by atoms with Crippen LogP contribution in [0.25, 0.3) is 0 Å². The van der Waals surface area contributed by atoms with Crippen molar-refractivity contribution in [1.82, 2.24) is 5.32 Å². The Morgan fingerprint density at radius 1 is 1.25 bits per heavy atom. The Labute approximate surface area is 157 Å². The monoisotopic (exact) mass is 377 g/mol. The number of methoxy groups -OCH3 is 1. The van der Waals surface area contributed by atoms with Crippen molar-refractivity contribution >= 4 is 36.4 Å². The maximum atomic E-state index is 12.1. The highest BCUT2D eigenvalue weighted by Crippen LogP contribution is 2.29. The maximum absolute atomic E-state index is 12.1. The van der Waals surface area contributed by atoms with Gasteiger partial charge in [-0.1, -0.05) is 19.1 Å². The first-order valence-corrected chi connectivity index (χ1v) is 7.97. The van der Waals surface area contributed by atoms with E-state index in [1.54, 1.807) is 7.11 Å². The molecule has 2 atom stereocenters. The zero-order chi connectivity index (χ0) is 16.1. The van der Waals surface area contributed by atoms with E-state index in [9.17, 15) is 4.79 Å². The van der Waals surface area contributed by atoms with Gasteiger partial charge in [0.2, 0.25) is 5.91 Å². The third-order valence-electron chi connectivity index (χ3n) is 4.47. The van der Waals surface area contributed by atoms with E-state index in [4.69, 9.17) is 10.5 Å². The predicted molar refractivity (Wildman–Crippen MR) is 104 cm³/mol. The summed E-state index contributed by atoms with van der Waals surface area (Å²) in [4.78, 5) is 14.4. The van der Waals surface area contributed by atoms with Gasteiger partial charge >= 0.3 is 0 Å². The van der Waals surface area contributed by atoms with E-state index in [0.717, 1.165) is 37.4 Å². The van der Waals surface area contributed by atoms with Gasteiger partial charge < -0.3 is 20.7 Å². The largest absolute Gasteiger partial charge is 0.495 e. The average molecular weight is 378 g/mol. The van der Waals surface area contributed by atoms with Crippen LogP contribution in [0.15, 0.2) is 24.3 Å². The number of para-hydroxylation sites is 2. The average Bonchev–Trinajstić information content (AvgIpc) is 2.54. The lowest BCUT2D eigenvalue weighted by Crippen LogP contribution is -2.48. The lowest BCUT2D eigenvalue weighted by molar-refractivity contribution is -0.125. The third-order valence-corrected chi connectivity index (χ3v) is 4.47. The molecular weight excluding hydrogens is 349 g/mol. The minimum absolute atomic E-state index is 0. The van der Waals surface area contributed by atoms with Crippen LogP contribution in [0.2, 0.25) is 0 Å². The number of benzene rings is 1. The fourth-order valence-electron chi connectivity index (χ4n) is 2.73. The van der Waals surface area contributed by atoms with E-state index in [1.165, 1.54) is 0 Å². The Kier molecular flexibility index (Phi) is 10.1. The number of nitrogens with two attached hydrogens (primary N) is 1. The summed E-state index contributed by atoms with van der Waals surface area (Å²) in [6.07, 6.45) is 1.88. The first-order valence-electron chi connectivity index (χ1n) is 7.97. The second kappa shape index (κ2) is 10.6. The van der Waals surface area contributed by atoms with Gasteiger partial charge in [-0.15, -0.1) is 24.8 Å². The van der Waals surface area contributed by atoms with Crippen LogP contribution in [0, 0.1) is 5.92 Å². The molecule has 0 bridgehead atoms. The topological polar surface area (TPSA) is 67.6 Å². The first-order chi connectivity index (χ1) is 10.5. The van der Waals surface area contributed by atoms with Gasteiger partial charge in [0.15, 0.2) is 0 Å². The van der Waals surface area contributed by atoms with Crippen molar-refractivity contribution in [2.24, 2.45) is 11.7 Å². The summed E-state index contributed by atoms with van der Waals surface area (Å²) in [6, 6.07) is 8.18. The van der Waals surface area contributed by atoms with E-state index in [1.807, 2.05) is 32.0 Å². The summed E-state index contributed by atoms with van der Waals surface area (Å²) in [6.45, 7) is 5.58. The zero-order valence-corrected chi connectivity index (χ0v) is 16.2. The highest BCUT2D eigenvalue weighted by atomic mass is 35.5. The van der Waals surface area contributed by atoms with Crippen molar-refractivity contribution in [3.8, 4) is 5.75 Å². The molecule has 1 aliphatic heterocycles. The Morgan fingerprint density at radius 2 is 1.83 bits per heavy atom. The predicted octanol–water partition coefficient (Wildman–Crippen LogP) is 2.61. The standard InChI is InChI=1S/C17H27N3O2.2ClH/c1-12(13(2)18)17(21)19-14-8-10-20(11-9-14)15-6-4-5-7-16(15)22-3;;/h4-7,12-14H,8-11,18H2,1-3H3,(H,19,21);2*1H. The van der Waals surface area contributed by atoms with Crippen LogP contribution < -0.4 is 20.7 Å². The number of piperidine rings is 1. The van der Waals surface area contributed by atoms with E-state index < -0.39 is 0 Å². The van der Waals surface area contributed by atoms with E-state index in [-0.39, 0.29) is 48.7 Å². The molecule has 1 amide bonds. The van der Waals surface area contributed by atoms with Crippen molar-refractivity contribution in [3.05, 3.63) is 24.3 Å². The van der Waals surface area contributed by atoms with Crippen molar-refractivity contribution in [3.63, 3.8) is 0 Å². The maximum Gasteiger partial charge on any atom is 0.224 e. The number of hydrogen-bond acceptors (Lipinski definition) is 4. The normalized spacial score (nSPS) is 17.1. The van der Waals surface area contributed by atoms with Crippen LogP contribution >= 0.6 is 24.8 Å². The molecule has 138 valence electrons. The molecule has 1 aliphatic rings. The van der Waals surface area contributed by atoms with Crippen molar-refractivity contribution in [1.29, 1.82) is 0 Å². The van der Waals surface area contributed by atoms with Gasteiger partial charge in [-0.05, 0) is 31.9 Å². The molecule has 2 unspecified atom stereocenters. The smallest absolute Gasteiger partial charge is 0.224 e. The highest BCUT2D eigenvalue weighted by molar-refractivity contribution is 5.85. The van der Waals surface area contributed by atoms with Gasteiger partial charge in [-0.2, -0.15) is 0 Å². The molecule has 1 heterocycles. The zero-order valence-electron chi connectivity index (χ0n) is 14.5. The van der Waals surface area contributed by atoms with Gasteiger partial charge in [-0.25, -0.2) is 0 Å². The van der Waals surface area contributed by atoms with Crippen LogP contribution in [0.1, 0.15) is 26.7 Å². The van der Waals surface area contributed by atoms with Crippen LogP contribution in [-0.4, -0.2) is 38.2 Å². The molecular formula is C17H29Cl2N3O2. The molecule has 0 radical (unpaired) electrons. The second-order valence-electron chi connectivity index (χ2n) is 6.09. The fourth-order valence-corrected chi connectivity index (χ4v) is 2.73. The van der Waals surface area contributed by atoms with E-state index >= 15 is 0 Å². The molecule has 24 heavy (non-hydrogen) atoms. The molecule has 3 N–H and O–H groups in total. The minimum atomic E-state index is -0.146. The van der Waals surface area contributed by atoms with Gasteiger partial charge in [0.05, 0.1) is 12.8 Å². The van der Waals surface area contributed by atoms with E-state index in [0.29, 0.717) is 0 Å². The lowest BCUT2D eigenvalue weighted by Gasteiger charge is -2.35. The summed E-state index contributed by atoms with van der Waals surface area (Å²) in [5, 5.41) is 3.12. The van der Waals surface area contributed by atoms with Crippen molar-refractivity contribution in [2.75, 3.05) is 25.1 Å². The second-order valence-corrected chi connectivity index (χ2v) is 6.09. The van der Waals surface area contributed by atoms with E-state index in [2.05, 4.69) is 16.3 Å². The molecule has 1 saturated heterocycles. The van der Waals surface area contributed by atoms with Crippen LogP contribution in [0.3, 0.4) is 0 Å². The number of nitrogens with one attached hydrogen (secondary N) is 1. The number of nitrogens with zero attached hydrogens (tertiary/aromatic N) is 1. The third kappa shape index (κ3) is 5.72. The Balaban J connectivity index is 0.00000264. The molecule has 7 heteroatoms. The number of amides is 1. The lowest BCUT2D eigenvalue weighted by atomic mass is 10.00. The molecule has 0 aromatic heterocycles. The first kappa shape index (κ1) is 22.8. The summed E-state index contributed by atoms with van der Waals surface area (Å²) in [7, 11) is 1.70. The SMILES string of the molecule is COc1ccccc1N1CCC(NC(=O)C(C)C(C)N)CC1.Cl.Cl. The number of carbonyl (C=O) groups excluding carboxylic acids is 1. The van der Waals surface area contributed by atoms with Gasteiger partial charge in [0.25, 0.3) is 0 Å². The molecule has 2 rings (SSSR count). The number of ether oxygens (including phenoxy) is 1. The quantitative estimate of drug-likeness (QED) is 0.827. The molecule has 0 saturated carbocycles. The summed E-state index contributed by atoms with van der Waals surface area (Å²) in [5.74, 6) is 0.813. The van der Waals surface area contributed by atoms with Crippen LogP contribution in [0.5, 0.6) is 5.75 Å². The molecule has 0 aliphatic carbocycles. The number of anilines is 1. The Morgan fingerprint density at radius 3 is 2.38 bits per heavy atom. The van der Waals surface area contributed by atoms with Crippen molar-refractivity contribution < 1.29 is 9.53 Å². The Hall–Kier alpha value is -1.17. The summed E-state index contributed by atoms with van der Waals surface area (Å²) < 4.78 is 5.42. The molecule has 1 fully saturated rings. The number of halogens is 2.